The molecule has 9 heteroatoms. The molecule has 7 nitrogen and oxygen atoms in total. The molecular formula is C23H25N5O2S2. The lowest BCUT2D eigenvalue weighted by atomic mass is 9.97. The third kappa shape index (κ3) is 4.31. The van der Waals surface area contributed by atoms with E-state index in [2.05, 4.69) is 15.0 Å². The second kappa shape index (κ2) is 9.07. The fraction of sp³-hybridized carbons (Fsp3) is 0.391. The number of nitrogens with one attached hydrogen (secondary N) is 2. The van der Waals surface area contributed by atoms with Gasteiger partial charge in [-0.3, -0.25) is 9.59 Å². The van der Waals surface area contributed by atoms with Crippen molar-refractivity contribution in [2.75, 3.05) is 12.8 Å². The summed E-state index contributed by atoms with van der Waals surface area (Å²) in [5, 5.41) is 0.792. The van der Waals surface area contributed by atoms with Gasteiger partial charge in [-0.2, -0.15) is 11.8 Å². The fourth-order valence-corrected chi connectivity index (χ4v) is 6.26. The van der Waals surface area contributed by atoms with Crippen LogP contribution in [0.4, 0.5) is 0 Å². The van der Waals surface area contributed by atoms with Gasteiger partial charge in [0.05, 0.1) is 28.7 Å². The van der Waals surface area contributed by atoms with E-state index >= 15 is 0 Å². The number of imidazole rings is 1. The second-order valence-electron chi connectivity index (χ2n) is 8.16. The average Bonchev–Trinajstić information content (AvgIpc) is 3.37. The second-order valence-corrected chi connectivity index (χ2v) is 10.3. The van der Waals surface area contributed by atoms with Gasteiger partial charge in [0, 0.05) is 24.1 Å². The highest BCUT2D eigenvalue weighted by molar-refractivity contribution is 7.98. The largest absolute Gasteiger partial charge is 0.340 e. The van der Waals surface area contributed by atoms with E-state index in [0.717, 1.165) is 46.3 Å². The number of para-hydroxylation sites is 2. The lowest BCUT2D eigenvalue weighted by Crippen LogP contribution is -2.27. The van der Waals surface area contributed by atoms with Crippen molar-refractivity contribution in [1.29, 1.82) is 0 Å². The molecule has 1 amide bonds. The quantitative estimate of drug-likeness (QED) is 0.400. The molecule has 3 aromatic heterocycles. The smallest absolute Gasteiger partial charge is 0.259 e. The van der Waals surface area contributed by atoms with Crippen molar-refractivity contribution in [3.63, 3.8) is 0 Å². The Balaban J connectivity index is 1.14. The summed E-state index contributed by atoms with van der Waals surface area (Å²) in [4.78, 5) is 44.5. The molecule has 32 heavy (non-hydrogen) atoms. The first-order chi connectivity index (χ1) is 15.6. The van der Waals surface area contributed by atoms with E-state index in [0.29, 0.717) is 30.3 Å². The zero-order chi connectivity index (χ0) is 22.1. The Morgan fingerprint density at radius 2 is 2.00 bits per heavy atom. The number of aromatic amines is 2. The van der Waals surface area contributed by atoms with Gasteiger partial charge in [0.25, 0.3) is 5.56 Å². The summed E-state index contributed by atoms with van der Waals surface area (Å²) >= 11 is 3.28. The summed E-state index contributed by atoms with van der Waals surface area (Å²) < 4.78 is 0. The van der Waals surface area contributed by atoms with Gasteiger partial charge in [-0.15, -0.1) is 11.3 Å². The Morgan fingerprint density at radius 1 is 1.16 bits per heavy atom. The van der Waals surface area contributed by atoms with Gasteiger partial charge < -0.3 is 14.9 Å². The van der Waals surface area contributed by atoms with Crippen LogP contribution in [0.2, 0.25) is 0 Å². The monoisotopic (exact) mass is 467 g/mol. The van der Waals surface area contributed by atoms with E-state index in [1.54, 1.807) is 35.0 Å². The number of aromatic nitrogens is 4. The van der Waals surface area contributed by atoms with Gasteiger partial charge >= 0.3 is 0 Å². The highest BCUT2D eigenvalue weighted by Crippen LogP contribution is 2.33. The molecule has 5 rings (SSSR count). The van der Waals surface area contributed by atoms with Crippen molar-refractivity contribution in [2.24, 2.45) is 0 Å². The average molecular weight is 468 g/mol. The summed E-state index contributed by atoms with van der Waals surface area (Å²) in [7, 11) is 1.80. The predicted octanol–water partition coefficient (Wildman–Crippen LogP) is 4.02. The molecule has 0 aliphatic heterocycles. The number of amides is 1. The maximum absolute atomic E-state index is 12.6. The number of thioether (sulfide) groups is 1. The first-order valence-electron chi connectivity index (χ1n) is 10.9. The minimum absolute atomic E-state index is 0.0216. The first-order valence-corrected chi connectivity index (χ1v) is 12.8. The SMILES string of the molecule is CN(Cc1nc2ccccc2[nH]1)C(=O)CCSCc1nc2sc3c(c2c(=O)[nH]1)CCCC3. The van der Waals surface area contributed by atoms with E-state index in [1.807, 2.05) is 24.3 Å². The maximum atomic E-state index is 12.6. The van der Waals surface area contributed by atoms with E-state index in [1.165, 1.54) is 16.9 Å². The Bertz CT molecular complexity index is 1310. The molecule has 1 aromatic carbocycles. The summed E-state index contributed by atoms with van der Waals surface area (Å²) in [6, 6.07) is 7.84. The third-order valence-electron chi connectivity index (χ3n) is 5.82. The highest BCUT2D eigenvalue weighted by Gasteiger charge is 2.20. The lowest BCUT2D eigenvalue weighted by Gasteiger charge is -2.15. The minimum atomic E-state index is -0.0216. The Hall–Kier alpha value is -2.65. The van der Waals surface area contributed by atoms with Gasteiger partial charge in [-0.05, 0) is 43.4 Å². The molecule has 0 fully saturated rings. The molecule has 0 unspecified atom stereocenters. The number of carbonyl (C=O) groups is 1. The molecule has 0 saturated carbocycles. The molecule has 2 N–H and O–H groups in total. The van der Waals surface area contributed by atoms with Crippen LogP contribution < -0.4 is 5.56 Å². The Kier molecular flexibility index (Phi) is 6.01. The molecule has 0 radical (unpaired) electrons. The van der Waals surface area contributed by atoms with Crippen LogP contribution in [0.15, 0.2) is 29.1 Å². The third-order valence-corrected chi connectivity index (χ3v) is 7.98. The van der Waals surface area contributed by atoms with E-state index in [9.17, 15) is 9.59 Å². The molecule has 0 saturated heterocycles. The topological polar surface area (TPSA) is 94.7 Å². The standard InChI is InChI=1S/C23H25N5O2S2/c1-28(12-18-24-15-7-3-4-8-16(15)25-18)20(29)10-11-31-13-19-26-22(30)21-14-6-2-5-9-17(14)32-23(21)27-19/h3-4,7-8H,2,5-6,9-13H2,1H3,(H,24,25)(H,26,27,30). The van der Waals surface area contributed by atoms with Crippen LogP contribution in [0.3, 0.4) is 0 Å². The van der Waals surface area contributed by atoms with Crippen molar-refractivity contribution in [3.05, 3.63) is 56.7 Å². The lowest BCUT2D eigenvalue weighted by molar-refractivity contribution is -0.130. The van der Waals surface area contributed by atoms with Crippen LogP contribution in [-0.4, -0.2) is 43.5 Å². The van der Waals surface area contributed by atoms with Crippen molar-refractivity contribution in [3.8, 4) is 0 Å². The summed E-state index contributed by atoms with van der Waals surface area (Å²) in [5.74, 6) is 2.80. The maximum Gasteiger partial charge on any atom is 0.259 e. The van der Waals surface area contributed by atoms with Crippen LogP contribution in [0, 0.1) is 0 Å². The molecule has 0 spiro atoms. The number of aryl methyl sites for hydroxylation is 2. The number of hydrogen-bond donors (Lipinski definition) is 2. The molecule has 0 atom stereocenters. The fourth-order valence-electron chi connectivity index (χ4n) is 4.19. The molecule has 166 valence electrons. The number of hydrogen-bond acceptors (Lipinski definition) is 6. The van der Waals surface area contributed by atoms with Crippen LogP contribution in [0.25, 0.3) is 21.3 Å². The molecule has 1 aliphatic carbocycles. The van der Waals surface area contributed by atoms with Crippen molar-refractivity contribution < 1.29 is 4.79 Å². The number of carbonyl (C=O) groups excluding carboxylic acids is 1. The number of thiophene rings is 1. The first kappa shape index (κ1) is 21.2. The van der Waals surface area contributed by atoms with Crippen molar-refractivity contribution >= 4 is 50.3 Å². The van der Waals surface area contributed by atoms with Crippen LogP contribution in [0.5, 0.6) is 0 Å². The number of benzene rings is 1. The van der Waals surface area contributed by atoms with E-state index < -0.39 is 0 Å². The zero-order valence-electron chi connectivity index (χ0n) is 17.9. The number of rotatable bonds is 7. The Labute approximate surface area is 193 Å². The Morgan fingerprint density at radius 3 is 2.88 bits per heavy atom. The number of H-pyrrole nitrogens is 2. The van der Waals surface area contributed by atoms with Crippen LogP contribution >= 0.6 is 23.1 Å². The zero-order valence-corrected chi connectivity index (χ0v) is 19.6. The van der Waals surface area contributed by atoms with Crippen LogP contribution in [0.1, 0.15) is 41.4 Å². The summed E-state index contributed by atoms with van der Waals surface area (Å²) in [6.45, 7) is 0.451. The molecule has 4 aromatic rings. The van der Waals surface area contributed by atoms with Gasteiger partial charge in [0.1, 0.15) is 16.5 Å². The van der Waals surface area contributed by atoms with Crippen LogP contribution in [-0.2, 0) is 29.9 Å². The van der Waals surface area contributed by atoms with Crippen molar-refractivity contribution in [2.45, 2.75) is 44.4 Å². The molecule has 0 bridgehead atoms. The van der Waals surface area contributed by atoms with Crippen molar-refractivity contribution in [1.82, 2.24) is 24.8 Å². The van der Waals surface area contributed by atoms with Gasteiger partial charge in [-0.1, -0.05) is 12.1 Å². The van der Waals surface area contributed by atoms with E-state index in [4.69, 9.17) is 4.98 Å². The predicted molar refractivity (Wildman–Crippen MR) is 130 cm³/mol. The number of fused-ring (bicyclic) bond motifs is 4. The number of nitrogens with zero attached hydrogens (tertiary/aromatic N) is 3. The normalized spacial score (nSPS) is 13.5. The highest BCUT2D eigenvalue weighted by atomic mass is 32.2. The summed E-state index contributed by atoms with van der Waals surface area (Å²) in [5.41, 5.74) is 3.07. The van der Waals surface area contributed by atoms with Gasteiger partial charge in [-0.25, -0.2) is 9.97 Å². The van der Waals surface area contributed by atoms with E-state index in [-0.39, 0.29) is 11.5 Å². The molecular weight excluding hydrogens is 442 g/mol. The molecule has 3 heterocycles. The van der Waals surface area contributed by atoms with Gasteiger partial charge in [0.15, 0.2) is 0 Å². The molecule has 1 aliphatic rings. The van der Waals surface area contributed by atoms with Gasteiger partial charge in [0.2, 0.25) is 5.91 Å². The summed E-state index contributed by atoms with van der Waals surface area (Å²) in [6.07, 6.45) is 4.82. The minimum Gasteiger partial charge on any atom is -0.340 e.